The molecule has 2 rings (SSSR count). The van der Waals surface area contributed by atoms with E-state index in [4.69, 9.17) is 4.74 Å². The highest BCUT2D eigenvalue weighted by atomic mass is 16.6. The van der Waals surface area contributed by atoms with E-state index in [1.165, 1.54) is 5.56 Å². The van der Waals surface area contributed by atoms with E-state index in [1.807, 2.05) is 24.3 Å². The van der Waals surface area contributed by atoms with Gasteiger partial charge in [0, 0.05) is 0 Å². The summed E-state index contributed by atoms with van der Waals surface area (Å²) in [5.41, 5.74) is 1.82. The number of hydrogen-bond acceptors (Lipinski definition) is 5. The van der Waals surface area contributed by atoms with Gasteiger partial charge in [-0.05, 0) is 42.1 Å². The van der Waals surface area contributed by atoms with Crippen LogP contribution in [0.3, 0.4) is 0 Å². The predicted molar refractivity (Wildman–Crippen MR) is 82.9 cm³/mol. The van der Waals surface area contributed by atoms with Crippen molar-refractivity contribution < 1.29 is 14.2 Å². The number of carbonyl (C=O) groups is 1. The molecule has 1 aromatic carbocycles. The van der Waals surface area contributed by atoms with E-state index in [0.29, 0.717) is 17.3 Å². The van der Waals surface area contributed by atoms with Crippen LogP contribution < -0.4 is 10.1 Å². The van der Waals surface area contributed by atoms with Gasteiger partial charge >= 0.3 is 0 Å². The molecule has 0 aliphatic heterocycles. The fourth-order valence-electron chi connectivity index (χ4n) is 1.85. The molecule has 6 nitrogen and oxygen atoms in total. The second kappa shape index (κ2) is 6.17. The standard InChI is InChI=1S/C16H21N3O3/c1-10-14(19-22-18-10)17-15(20)11(2)21-13-8-6-12(7-9-13)16(3,4)5/h6-9,11H,1-5H3,(H,17,19,20). The first-order chi connectivity index (χ1) is 10.3. The van der Waals surface area contributed by atoms with Gasteiger partial charge in [0.1, 0.15) is 11.4 Å². The first-order valence-corrected chi connectivity index (χ1v) is 7.14. The van der Waals surface area contributed by atoms with Crippen molar-refractivity contribution in [2.24, 2.45) is 0 Å². The summed E-state index contributed by atoms with van der Waals surface area (Å²) in [7, 11) is 0. The Kier molecular flexibility index (Phi) is 4.49. The third-order valence-corrected chi connectivity index (χ3v) is 3.30. The van der Waals surface area contributed by atoms with Crippen molar-refractivity contribution in [3.8, 4) is 5.75 Å². The van der Waals surface area contributed by atoms with Crippen LogP contribution in [0.4, 0.5) is 5.82 Å². The van der Waals surface area contributed by atoms with Crippen LogP contribution in [-0.2, 0) is 10.2 Å². The number of amides is 1. The Morgan fingerprint density at radius 3 is 2.36 bits per heavy atom. The second-order valence-corrected chi connectivity index (χ2v) is 6.22. The molecule has 0 aliphatic rings. The topological polar surface area (TPSA) is 77.3 Å². The zero-order chi connectivity index (χ0) is 16.3. The van der Waals surface area contributed by atoms with E-state index in [9.17, 15) is 4.79 Å². The maximum absolute atomic E-state index is 12.0. The molecule has 1 aromatic heterocycles. The average Bonchev–Trinajstić information content (AvgIpc) is 2.84. The minimum Gasteiger partial charge on any atom is -0.481 e. The van der Waals surface area contributed by atoms with E-state index >= 15 is 0 Å². The normalized spacial score (nSPS) is 12.8. The molecule has 22 heavy (non-hydrogen) atoms. The lowest BCUT2D eigenvalue weighted by Crippen LogP contribution is -2.30. The number of ether oxygens (including phenoxy) is 1. The summed E-state index contributed by atoms with van der Waals surface area (Å²) < 4.78 is 10.2. The van der Waals surface area contributed by atoms with E-state index < -0.39 is 6.10 Å². The summed E-state index contributed by atoms with van der Waals surface area (Å²) >= 11 is 0. The van der Waals surface area contributed by atoms with Gasteiger partial charge in [0.25, 0.3) is 5.91 Å². The Balaban J connectivity index is 1.98. The Bertz CT molecular complexity index is 641. The molecule has 1 atom stereocenters. The largest absolute Gasteiger partial charge is 0.481 e. The van der Waals surface area contributed by atoms with Gasteiger partial charge in [-0.2, -0.15) is 0 Å². The molecule has 0 saturated heterocycles. The van der Waals surface area contributed by atoms with Crippen molar-refractivity contribution in [1.29, 1.82) is 0 Å². The highest BCUT2D eigenvalue weighted by Crippen LogP contribution is 2.24. The predicted octanol–water partition coefficient (Wildman–Crippen LogP) is 3.08. The van der Waals surface area contributed by atoms with Crippen molar-refractivity contribution in [2.45, 2.75) is 46.1 Å². The summed E-state index contributed by atoms with van der Waals surface area (Å²) in [6.45, 7) is 9.81. The summed E-state index contributed by atoms with van der Waals surface area (Å²) in [5, 5.41) is 9.83. The monoisotopic (exact) mass is 303 g/mol. The number of carbonyl (C=O) groups excluding carboxylic acids is 1. The average molecular weight is 303 g/mol. The van der Waals surface area contributed by atoms with Crippen molar-refractivity contribution in [2.75, 3.05) is 5.32 Å². The molecule has 0 spiro atoms. The molecule has 0 fully saturated rings. The van der Waals surface area contributed by atoms with Gasteiger partial charge in [-0.3, -0.25) is 4.79 Å². The lowest BCUT2D eigenvalue weighted by atomic mass is 9.87. The third kappa shape index (κ3) is 3.84. The van der Waals surface area contributed by atoms with Crippen LogP contribution in [0.2, 0.25) is 0 Å². The fourth-order valence-corrected chi connectivity index (χ4v) is 1.85. The molecule has 0 aliphatic carbocycles. The van der Waals surface area contributed by atoms with Crippen LogP contribution in [0.1, 0.15) is 39.0 Å². The van der Waals surface area contributed by atoms with Gasteiger partial charge in [0.15, 0.2) is 11.9 Å². The first kappa shape index (κ1) is 16.0. The van der Waals surface area contributed by atoms with E-state index in [-0.39, 0.29) is 11.3 Å². The van der Waals surface area contributed by atoms with Gasteiger partial charge in [-0.15, -0.1) is 0 Å². The lowest BCUT2D eigenvalue weighted by molar-refractivity contribution is -0.122. The first-order valence-electron chi connectivity index (χ1n) is 7.14. The summed E-state index contributed by atoms with van der Waals surface area (Å²) in [6.07, 6.45) is -0.656. The highest BCUT2D eigenvalue weighted by molar-refractivity contribution is 5.93. The third-order valence-electron chi connectivity index (χ3n) is 3.30. The second-order valence-electron chi connectivity index (χ2n) is 6.22. The Morgan fingerprint density at radius 1 is 1.23 bits per heavy atom. The molecule has 6 heteroatoms. The fraction of sp³-hybridized carbons (Fsp3) is 0.438. The minimum atomic E-state index is -0.656. The van der Waals surface area contributed by atoms with Crippen LogP contribution in [0.15, 0.2) is 28.9 Å². The molecule has 0 radical (unpaired) electrons. The maximum Gasteiger partial charge on any atom is 0.266 e. The zero-order valence-electron chi connectivity index (χ0n) is 13.5. The van der Waals surface area contributed by atoms with Gasteiger partial charge in [-0.1, -0.05) is 38.1 Å². The smallest absolute Gasteiger partial charge is 0.266 e. The summed E-state index contributed by atoms with van der Waals surface area (Å²) in [5.74, 6) is 0.646. The molecule has 0 saturated carbocycles. The van der Waals surface area contributed by atoms with Gasteiger partial charge in [0.05, 0.1) is 0 Å². The van der Waals surface area contributed by atoms with Crippen molar-refractivity contribution in [1.82, 2.24) is 10.3 Å². The number of hydrogen-bond donors (Lipinski definition) is 1. The molecule has 1 N–H and O–H groups in total. The van der Waals surface area contributed by atoms with Crippen LogP contribution in [0.5, 0.6) is 5.75 Å². The number of benzene rings is 1. The van der Waals surface area contributed by atoms with Crippen LogP contribution >= 0.6 is 0 Å². The minimum absolute atomic E-state index is 0.0823. The number of aromatic nitrogens is 2. The Morgan fingerprint density at radius 2 is 1.86 bits per heavy atom. The van der Waals surface area contributed by atoms with E-state index in [2.05, 4.69) is 41.0 Å². The number of aryl methyl sites for hydroxylation is 1. The van der Waals surface area contributed by atoms with Crippen LogP contribution in [-0.4, -0.2) is 22.3 Å². The quantitative estimate of drug-likeness (QED) is 0.939. The van der Waals surface area contributed by atoms with Gasteiger partial charge < -0.3 is 10.1 Å². The zero-order valence-corrected chi connectivity index (χ0v) is 13.5. The molecule has 2 aromatic rings. The van der Waals surface area contributed by atoms with Crippen molar-refractivity contribution >= 4 is 11.7 Å². The van der Waals surface area contributed by atoms with Crippen LogP contribution in [0, 0.1) is 6.92 Å². The molecule has 0 bridgehead atoms. The number of rotatable bonds is 4. The van der Waals surface area contributed by atoms with Gasteiger partial charge in [0.2, 0.25) is 0 Å². The molecular weight excluding hydrogens is 282 g/mol. The number of nitrogens with one attached hydrogen (secondary N) is 1. The van der Waals surface area contributed by atoms with Crippen molar-refractivity contribution in [3.05, 3.63) is 35.5 Å². The molecule has 118 valence electrons. The maximum atomic E-state index is 12.0. The van der Waals surface area contributed by atoms with E-state index in [0.717, 1.165) is 0 Å². The molecule has 1 amide bonds. The lowest BCUT2D eigenvalue weighted by Gasteiger charge is -2.20. The Labute approximate surface area is 129 Å². The number of anilines is 1. The summed E-state index contributed by atoms with van der Waals surface area (Å²) in [4.78, 5) is 12.0. The van der Waals surface area contributed by atoms with Gasteiger partial charge in [-0.25, -0.2) is 4.63 Å². The van der Waals surface area contributed by atoms with Crippen molar-refractivity contribution in [3.63, 3.8) is 0 Å². The number of nitrogens with zero attached hydrogens (tertiary/aromatic N) is 2. The Hall–Kier alpha value is -2.37. The molecular formula is C16H21N3O3. The molecule has 1 unspecified atom stereocenters. The SMILES string of the molecule is Cc1nonc1NC(=O)C(C)Oc1ccc(C(C)(C)C)cc1. The highest BCUT2D eigenvalue weighted by Gasteiger charge is 2.18. The summed E-state index contributed by atoms with van der Waals surface area (Å²) in [6, 6.07) is 7.75. The molecule has 1 heterocycles. The van der Waals surface area contributed by atoms with E-state index in [1.54, 1.807) is 13.8 Å². The van der Waals surface area contributed by atoms with Crippen LogP contribution in [0.25, 0.3) is 0 Å².